The van der Waals surface area contributed by atoms with Crippen molar-refractivity contribution in [2.24, 2.45) is 0 Å². The summed E-state index contributed by atoms with van der Waals surface area (Å²) >= 11 is 0. The molecule has 0 unspecified atom stereocenters. The number of carboxylic acids is 1. The molecule has 2 aromatic rings. The molecule has 4 nitrogen and oxygen atoms in total. The summed E-state index contributed by atoms with van der Waals surface area (Å²) in [6.45, 7) is 0. The number of hydrogen-bond donors (Lipinski definition) is 2. The van der Waals surface area contributed by atoms with E-state index in [2.05, 4.69) is 4.98 Å². The first-order valence-corrected chi connectivity index (χ1v) is 6.15. The first-order valence-electron chi connectivity index (χ1n) is 6.15. The number of carboxylic acid groups (broad SMARTS) is 1. The third-order valence-corrected chi connectivity index (χ3v) is 3.69. The van der Waals surface area contributed by atoms with Gasteiger partial charge in [-0.1, -0.05) is 30.3 Å². The quantitative estimate of drug-likeness (QED) is 0.825. The first-order chi connectivity index (χ1) is 9.13. The van der Waals surface area contributed by atoms with Gasteiger partial charge in [-0.15, -0.1) is 0 Å². The molecule has 0 bridgehead atoms. The number of aromatic carboxylic acids is 1. The number of aromatic nitrogens is 1. The summed E-state index contributed by atoms with van der Waals surface area (Å²) in [5.41, 5.74) is 1.06. The zero-order valence-electron chi connectivity index (χ0n) is 10.2. The monoisotopic (exact) mass is 255 g/mol. The third kappa shape index (κ3) is 1.85. The van der Waals surface area contributed by atoms with Crippen molar-refractivity contribution in [2.45, 2.75) is 18.3 Å². The molecular weight excluding hydrogens is 242 g/mol. The summed E-state index contributed by atoms with van der Waals surface area (Å²) in [7, 11) is 0. The molecule has 19 heavy (non-hydrogen) atoms. The number of Topliss-reactive ketones (excluding diaryl/α,β-unsaturated/α-hetero) is 1. The molecule has 96 valence electrons. The third-order valence-electron chi connectivity index (χ3n) is 3.69. The second-order valence-corrected chi connectivity index (χ2v) is 4.88. The van der Waals surface area contributed by atoms with Crippen LogP contribution in [0.25, 0.3) is 0 Å². The lowest BCUT2D eigenvalue weighted by Gasteiger charge is -2.13. The average molecular weight is 255 g/mol. The Morgan fingerprint density at radius 1 is 1.16 bits per heavy atom. The summed E-state index contributed by atoms with van der Waals surface area (Å²) in [5, 5.41) is 8.87. The minimum Gasteiger partial charge on any atom is -0.477 e. The van der Waals surface area contributed by atoms with E-state index in [9.17, 15) is 9.59 Å². The van der Waals surface area contributed by atoms with Crippen LogP contribution in [-0.4, -0.2) is 21.8 Å². The molecule has 1 aromatic heterocycles. The Hall–Kier alpha value is -2.36. The maximum absolute atomic E-state index is 12.6. The molecule has 3 rings (SSSR count). The van der Waals surface area contributed by atoms with E-state index in [0.717, 1.165) is 18.4 Å². The number of benzene rings is 1. The van der Waals surface area contributed by atoms with Crippen molar-refractivity contribution in [3.8, 4) is 0 Å². The van der Waals surface area contributed by atoms with Gasteiger partial charge in [0, 0.05) is 11.8 Å². The molecule has 1 saturated carbocycles. The molecule has 0 radical (unpaired) electrons. The van der Waals surface area contributed by atoms with Crippen molar-refractivity contribution < 1.29 is 14.7 Å². The van der Waals surface area contributed by atoms with Gasteiger partial charge in [0.25, 0.3) is 0 Å². The Kier molecular flexibility index (Phi) is 2.52. The van der Waals surface area contributed by atoms with E-state index in [4.69, 9.17) is 5.11 Å². The fourth-order valence-corrected chi connectivity index (χ4v) is 2.45. The van der Waals surface area contributed by atoms with Crippen LogP contribution >= 0.6 is 0 Å². The average Bonchev–Trinajstić information content (AvgIpc) is 3.09. The summed E-state index contributed by atoms with van der Waals surface area (Å²) < 4.78 is 0. The van der Waals surface area contributed by atoms with E-state index in [0.29, 0.717) is 5.56 Å². The molecule has 1 fully saturated rings. The number of carbonyl (C=O) groups excluding carboxylic acids is 1. The molecule has 0 atom stereocenters. The number of H-pyrrole nitrogens is 1. The van der Waals surface area contributed by atoms with Crippen LogP contribution in [0, 0.1) is 0 Å². The summed E-state index contributed by atoms with van der Waals surface area (Å²) in [6, 6.07) is 11.1. The van der Waals surface area contributed by atoms with Gasteiger partial charge in [0.05, 0.1) is 5.41 Å². The fraction of sp³-hybridized carbons (Fsp3) is 0.200. The van der Waals surface area contributed by atoms with Crippen molar-refractivity contribution in [3.63, 3.8) is 0 Å². The molecule has 1 aliphatic carbocycles. The van der Waals surface area contributed by atoms with Crippen molar-refractivity contribution in [2.75, 3.05) is 0 Å². The molecule has 2 N–H and O–H groups in total. The lowest BCUT2D eigenvalue weighted by molar-refractivity contribution is 0.0691. The normalized spacial score (nSPS) is 16.0. The highest BCUT2D eigenvalue weighted by Gasteiger charge is 2.51. The number of nitrogens with one attached hydrogen (secondary N) is 1. The van der Waals surface area contributed by atoms with E-state index in [1.54, 1.807) is 0 Å². The van der Waals surface area contributed by atoms with Crippen molar-refractivity contribution in [1.29, 1.82) is 0 Å². The van der Waals surface area contributed by atoms with Gasteiger partial charge in [0.15, 0.2) is 5.78 Å². The van der Waals surface area contributed by atoms with Crippen LogP contribution in [0.4, 0.5) is 0 Å². The maximum atomic E-state index is 12.6. The Bertz CT molecular complexity index is 638. The van der Waals surface area contributed by atoms with Crippen LogP contribution in [-0.2, 0) is 5.41 Å². The molecule has 0 aliphatic heterocycles. The summed E-state index contributed by atoms with van der Waals surface area (Å²) in [5.74, 6) is -1.05. The molecule has 1 aromatic carbocycles. The fourth-order valence-electron chi connectivity index (χ4n) is 2.45. The lowest BCUT2D eigenvalue weighted by atomic mass is 9.88. The lowest BCUT2D eigenvalue weighted by Crippen LogP contribution is -2.20. The highest BCUT2D eigenvalue weighted by atomic mass is 16.4. The molecule has 1 heterocycles. The molecule has 1 aliphatic rings. The van der Waals surface area contributed by atoms with Gasteiger partial charge < -0.3 is 10.1 Å². The number of rotatable bonds is 4. The Labute approximate surface area is 110 Å². The van der Waals surface area contributed by atoms with Gasteiger partial charge in [-0.25, -0.2) is 4.79 Å². The SMILES string of the molecule is O=C(O)c1cc(C(=O)C2(c3ccccc3)CC2)c[nH]1. The van der Waals surface area contributed by atoms with E-state index >= 15 is 0 Å². The van der Waals surface area contributed by atoms with Gasteiger partial charge in [-0.05, 0) is 24.5 Å². The standard InChI is InChI=1S/C15H13NO3/c17-13(10-8-12(14(18)19)16-9-10)15(6-7-15)11-4-2-1-3-5-11/h1-5,8-9,16H,6-7H2,(H,18,19). The smallest absolute Gasteiger partial charge is 0.352 e. The predicted molar refractivity (Wildman–Crippen MR) is 69.4 cm³/mol. The first kappa shape index (κ1) is 11.7. The molecule has 0 saturated heterocycles. The van der Waals surface area contributed by atoms with Gasteiger partial charge in [0.1, 0.15) is 5.69 Å². The Morgan fingerprint density at radius 3 is 2.37 bits per heavy atom. The minimum absolute atomic E-state index is 0.00227. The Balaban J connectivity index is 1.94. The molecule has 4 heteroatoms. The molecular formula is C15H13NO3. The van der Waals surface area contributed by atoms with E-state index in [1.807, 2.05) is 30.3 Å². The summed E-state index contributed by atoms with van der Waals surface area (Å²) in [6.07, 6.45) is 3.13. The van der Waals surface area contributed by atoms with Gasteiger partial charge >= 0.3 is 5.97 Å². The topological polar surface area (TPSA) is 70.2 Å². The van der Waals surface area contributed by atoms with Crippen LogP contribution < -0.4 is 0 Å². The van der Waals surface area contributed by atoms with Gasteiger partial charge in [-0.3, -0.25) is 4.79 Å². The van der Waals surface area contributed by atoms with Crippen LogP contribution in [0.5, 0.6) is 0 Å². The van der Waals surface area contributed by atoms with Crippen LogP contribution in [0.2, 0.25) is 0 Å². The second kappa shape index (κ2) is 4.09. The van der Waals surface area contributed by atoms with E-state index in [-0.39, 0.29) is 11.5 Å². The predicted octanol–water partition coefficient (Wildman–Crippen LogP) is 2.63. The van der Waals surface area contributed by atoms with Crippen LogP contribution in [0.3, 0.4) is 0 Å². The Morgan fingerprint density at radius 2 is 1.84 bits per heavy atom. The van der Waals surface area contributed by atoms with Crippen molar-refractivity contribution >= 4 is 11.8 Å². The highest BCUT2D eigenvalue weighted by molar-refractivity contribution is 6.07. The van der Waals surface area contributed by atoms with Crippen molar-refractivity contribution in [1.82, 2.24) is 4.98 Å². The zero-order chi connectivity index (χ0) is 13.5. The maximum Gasteiger partial charge on any atom is 0.352 e. The highest BCUT2D eigenvalue weighted by Crippen LogP contribution is 2.50. The zero-order valence-corrected chi connectivity index (χ0v) is 10.2. The van der Waals surface area contributed by atoms with Crippen molar-refractivity contribution in [3.05, 3.63) is 59.4 Å². The number of aromatic amines is 1. The van der Waals surface area contributed by atoms with Crippen LogP contribution in [0.1, 0.15) is 39.3 Å². The number of ketones is 1. The minimum atomic E-state index is -1.05. The summed E-state index contributed by atoms with van der Waals surface area (Å²) in [4.78, 5) is 26.0. The number of hydrogen-bond acceptors (Lipinski definition) is 2. The second-order valence-electron chi connectivity index (χ2n) is 4.88. The van der Waals surface area contributed by atoms with Crippen LogP contribution in [0.15, 0.2) is 42.6 Å². The van der Waals surface area contributed by atoms with Gasteiger partial charge in [0.2, 0.25) is 0 Å². The van der Waals surface area contributed by atoms with Gasteiger partial charge in [-0.2, -0.15) is 0 Å². The molecule has 0 spiro atoms. The van der Waals surface area contributed by atoms with E-state index < -0.39 is 11.4 Å². The largest absolute Gasteiger partial charge is 0.477 e. The van der Waals surface area contributed by atoms with E-state index in [1.165, 1.54) is 12.3 Å². The molecule has 0 amide bonds. The number of carbonyl (C=O) groups is 2.